The summed E-state index contributed by atoms with van der Waals surface area (Å²) in [6.45, 7) is 4.12. The molecule has 21 heavy (non-hydrogen) atoms. The molecule has 9 heteroatoms. The van der Waals surface area contributed by atoms with Gasteiger partial charge in [0, 0.05) is 11.9 Å². The summed E-state index contributed by atoms with van der Waals surface area (Å²) in [7, 11) is 0. The molecule has 108 valence electrons. The second-order valence-electron chi connectivity index (χ2n) is 4.77. The van der Waals surface area contributed by atoms with Crippen molar-refractivity contribution in [3.05, 3.63) is 30.6 Å². The van der Waals surface area contributed by atoms with Crippen molar-refractivity contribution in [1.82, 2.24) is 34.3 Å². The Morgan fingerprint density at radius 1 is 1.43 bits per heavy atom. The summed E-state index contributed by atoms with van der Waals surface area (Å²) >= 11 is 0. The minimum atomic E-state index is -0.280. The standard InChI is InChI=1S/C12H14N8O/c1-8(5-19-7-13-6-14-19)10(21)16-12-18-17-11-15-9(2)3-4-20(11)12/h3-4,6-8H,5H2,1-2H3,(H,16,18,21). The van der Waals surface area contributed by atoms with E-state index < -0.39 is 0 Å². The number of anilines is 1. The number of aryl methyl sites for hydroxylation is 1. The van der Waals surface area contributed by atoms with Crippen LogP contribution in [-0.4, -0.2) is 40.3 Å². The molecule has 0 saturated heterocycles. The normalized spacial score (nSPS) is 12.5. The van der Waals surface area contributed by atoms with Crippen LogP contribution in [0.4, 0.5) is 5.95 Å². The molecule has 1 unspecified atom stereocenters. The van der Waals surface area contributed by atoms with E-state index in [0.29, 0.717) is 18.3 Å². The van der Waals surface area contributed by atoms with Crippen molar-refractivity contribution in [2.75, 3.05) is 5.32 Å². The van der Waals surface area contributed by atoms with Crippen molar-refractivity contribution in [2.24, 2.45) is 5.92 Å². The molecule has 3 aromatic heterocycles. The number of carbonyl (C=O) groups is 1. The summed E-state index contributed by atoms with van der Waals surface area (Å²) in [6, 6.07) is 1.82. The molecule has 9 nitrogen and oxygen atoms in total. The monoisotopic (exact) mass is 286 g/mol. The highest BCUT2D eigenvalue weighted by atomic mass is 16.2. The Morgan fingerprint density at radius 3 is 3.05 bits per heavy atom. The first kappa shape index (κ1) is 13.2. The van der Waals surface area contributed by atoms with E-state index in [4.69, 9.17) is 0 Å². The number of nitrogens with zero attached hydrogens (tertiary/aromatic N) is 7. The summed E-state index contributed by atoms with van der Waals surface area (Å²) in [4.78, 5) is 20.2. The third-order valence-corrected chi connectivity index (χ3v) is 3.03. The molecule has 1 amide bonds. The zero-order valence-electron chi connectivity index (χ0n) is 11.6. The highest BCUT2D eigenvalue weighted by molar-refractivity contribution is 5.90. The van der Waals surface area contributed by atoms with Gasteiger partial charge in [0.15, 0.2) is 0 Å². The van der Waals surface area contributed by atoms with Gasteiger partial charge in [0.25, 0.3) is 5.78 Å². The number of aromatic nitrogens is 7. The Labute approximate surface area is 120 Å². The van der Waals surface area contributed by atoms with Gasteiger partial charge in [-0.1, -0.05) is 6.92 Å². The number of fused-ring (bicyclic) bond motifs is 1. The minimum absolute atomic E-state index is 0.166. The molecular formula is C12H14N8O. The van der Waals surface area contributed by atoms with Crippen molar-refractivity contribution in [1.29, 1.82) is 0 Å². The molecule has 0 fully saturated rings. The molecule has 0 radical (unpaired) electrons. The van der Waals surface area contributed by atoms with Gasteiger partial charge in [0.1, 0.15) is 12.7 Å². The van der Waals surface area contributed by atoms with Gasteiger partial charge in [-0.3, -0.25) is 19.2 Å². The first-order chi connectivity index (χ1) is 10.1. The summed E-state index contributed by atoms with van der Waals surface area (Å²) in [5, 5.41) is 14.6. The molecule has 0 saturated carbocycles. The Bertz CT molecular complexity index is 763. The molecule has 0 aromatic carbocycles. The summed E-state index contributed by atoms with van der Waals surface area (Å²) < 4.78 is 3.24. The smallest absolute Gasteiger partial charge is 0.256 e. The highest BCUT2D eigenvalue weighted by Gasteiger charge is 2.17. The fourth-order valence-corrected chi connectivity index (χ4v) is 1.88. The van der Waals surface area contributed by atoms with Gasteiger partial charge < -0.3 is 0 Å². The lowest BCUT2D eigenvalue weighted by Gasteiger charge is -2.10. The third kappa shape index (κ3) is 2.71. The molecule has 1 atom stereocenters. The minimum Gasteiger partial charge on any atom is -0.294 e. The van der Waals surface area contributed by atoms with Crippen LogP contribution < -0.4 is 5.32 Å². The van der Waals surface area contributed by atoms with Gasteiger partial charge in [-0.25, -0.2) is 9.97 Å². The van der Waals surface area contributed by atoms with Gasteiger partial charge in [0.2, 0.25) is 11.9 Å². The first-order valence-electron chi connectivity index (χ1n) is 6.45. The van der Waals surface area contributed by atoms with Crippen LogP contribution in [0.2, 0.25) is 0 Å². The van der Waals surface area contributed by atoms with Gasteiger partial charge in [0.05, 0.1) is 12.5 Å². The Balaban J connectivity index is 1.74. The lowest BCUT2D eigenvalue weighted by molar-refractivity contribution is -0.119. The topological polar surface area (TPSA) is 103 Å². The number of rotatable bonds is 4. The molecular weight excluding hydrogens is 272 g/mol. The summed E-state index contributed by atoms with van der Waals surface area (Å²) in [6.07, 6.45) is 4.78. The van der Waals surface area contributed by atoms with Crippen LogP contribution in [-0.2, 0) is 11.3 Å². The average Bonchev–Trinajstić information content (AvgIpc) is 3.08. The van der Waals surface area contributed by atoms with Crippen LogP contribution in [0.25, 0.3) is 5.78 Å². The second-order valence-corrected chi connectivity index (χ2v) is 4.77. The fourth-order valence-electron chi connectivity index (χ4n) is 1.88. The van der Waals surface area contributed by atoms with Crippen LogP contribution in [0, 0.1) is 12.8 Å². The zero-order valence-corrected chi connectivity index (χ0v) is 11.6. The predicted octanol–water partition coefficient (Wildman–Crippen LogP) is 0.299. The van der Waals surface area contributed by atoms with Gasteiger partial charge in [-0.2, -0.15) is 5.10 Å². The molecule has 0 aliphatic carbocycles. The summed E-state index contributed by atoms with van der Waals surface area (Å²) in [5.41, 5.74) is 0.840. The predicted molar refractivity (Wildman–Crippen MR) is 73.3 cm³/mol. The van der Waals surface area contributed by atoms with Gasteiger partial charge in [-0.05, 0) is 13.0 Å². The quantitative estimate of drug-likeness (QED) is 0.740. The maximum Gasteiger partial charge on any atom is 0.256 e. The third-order valence-electron chi connectivity index (χ3n) is 3.03. The maximum atomic E-state index is 12.2. The Kier molecular flexibility index (Phi) is 3.30. The molecule has 3 rings (SSSR count). The number of hydrogen-bond acceptors (Lipinski definition) is 6. The van der Waals surface area contributed by atoms with E-state index in [1.54, 1.807) is 21.6 Å². The van der Waals surface area contributed by atoms with E-state index in [9.17, 15) is 4.79 Å². The van der Waals surface area contributed by atoms with E-state index in [1.165, 1.54) is 6.33 Å². The molecule has 0 aliphatic heterocycles. The van der Waals surface area contributed by atoms with Crippen LogP contribution in [0.15, 0.2) is 24.9 Å². The maximum absolute atomic E-state index is 12.2. The van der Waals surface area contributed by atoms with Gasteiger partial charge in [-0.15, -0.1) is 10.2 Å². The van der Waals surface area contributed by atoms with Crippen LogP contribution in [0.3, 0.4) is 0 Å². The second kappa shape index (κ2) is 5.27. The number of nitrogens with one attached hydrogen (secondary N) is 1. The number of amides is 1. The SMILES string of the molecule is Cc1ccn2c(NC(=O)C(C)Cn3cncn3)nnc2n1. The Morgan fingerprint density at radius 2 is 2.29 bits per heavy atom. The first-order valence-corrected chi connectivity index (χ1v) is 6.45. The average molecular weight is 286 g/mol. The molecule has 3 aromatic rings. The van der Waals surface area contributed by atoms with Crippen LogP contribution in [0.1, 0.15) is 12.6 Å². The van der Waals surface area contributed by atoms with E-state index in [2.05, 4.69) is 30.6 Å². The Hall–Kier alpha value is -2.84. The molecule has 1 N–H and O–H groups in total. The van der Waals surface area contributed by atoms with Crippen molar-refractivity contribution in [3.63, 3.8) is 0 Å². The van der Waals surface area contributed by atoms with E-state index >= 15 is 0 Å². The number of hydrogen-bond donors (Lipinski definition) is 1. The lowest BCUT2D eigenvalue weighted by atomic mass is 10.1. The lowest BCUT2D eigenvalue weighted by Crippen LogP contribution is -2.25. The largest absolute Gasteiger partial charge is 0.294 e. The van der Waals surface area contributed by atoms with Crippen molar-refractivity contribution in [3.8, 4) is 0 Å². The van der Waals surface area contributed by atoms with Crippen molar-refractivity contribution >= 4 is 17.6 Å². The van der Waals surface area contributed by atoms with Crippen molar-refractivity contribution < 1.29 is 4.79 Å². The number of carbonyl (C=O) groups excluding carboxylic acids is 1. The summed E-state index contributed by atoms with van der Waals surface area (Å²) in [5.74, 6) is 0.361. The highest BCUT2D eigenvalue weighted by Crippen LogP contribution is 2.09. The van der Waals surface area contributed by atoms with Crippen LogP contribution in [0.5, 0.6) is 0 Å². The molecule has 0 spiro atoms. The van der Waals surface area contributed by atoms with Crippen molar-refractivity contribution in [2.45, 2.75) is 20.4 Å². The molecule has 0 aliphatic rings. The molecule has 0 bridgehead atoms. The zero-order chi connectivity index (χ0) is 14.8. The molecule has 3 heterocycles. The van der Waals surface area contributed by atoms with E-state index in [0.717, 1.165) is 5.69 Å². The van der Waals surface area contributed by atoms with Gasteiger partial charge >= 0.3 is 0 Å². The van der Waals surface area contributed by atoms with E-state index in [1.807, 2.05) is 19.9 Å². The fraction of sp³-hybridized carbons (Fsp3) is 0.333. The van der Waals surface area contributed by atoms with E-state index in [-0.39, 0.29) is 11.8 Å². The van der Waals surface area contributed by atoms with Crippen LogP contribution >= 0.6 is 0 Å².